The number of hydrogen-bond donors (Lipinski definition) is 1. The molecule has 1 atom stereocenters. The third kappa shape index (κ3) is 4.00. The van der Waals surface area contributed by atoms with Crippen LogP contribution in [0, 0.1) is 5.92 Å². The quantitative estimate of drug-likeness (QED) is 0.686. The van der Waals surface area contributed by atoms with Gasteiger partial charge in [-0.05, 0) is 19.3 Å². The van der Waals surface area contributed by atoms with Crippen molar-refractivity contribution in [1.82, 2.24) is 10.2 Å². The maximum absolute atomic E-state index is 12.0. The Bertz CT molecular complexity index is 279. The van der Waals surface area contributed by atoms with Gasteiger partial charge in [0.15, 0.2) is 0 Å². The van der Waals surface area contributed by atoms with E-state index in [4.69, 9.17) is 4.74 Å². The molecule has 0 aromatic heterocycles. The standard InChI is InChI=1S/C12H22N2O3/c1-4-17-7-5-6-14-8-10(15)13-11(9(2)3)12(14)16/h9,11H,4-8H2,1-3H3,(H,13,15). The van der Waals surface area contributed by atoms with Crippen molar-refractivity contribution < 1.29 is 14.3 Å². The summed E-state index contributed by atoms with van der Waals surface area (Å²) in [5.41, 5.74) is 0. The average Bonchev–Trinajstić information content (AvgIpc) is 2.28. The van der Waals surface area contributed by atoms with E-state index in [0.29, 0.717) is 19.8 Å². The summed E-state index contributed by atoms with van der Waals surface area (Å²) in [5, 5.41) is 2.74. The van der Waals surface area contributed by atoms with Gasteiger partial charge in [0.25, 0.3) is 0 Å². The molecular weight excluding hydrogens is 220 g/mol. The van der Waals surface area contributed by atoms with Gasteiger partial charge in [0.2, 0.25) is 11.8 Å². The van der Waals surface area contributed by atoms with Crippen LogP contribution in [0.1, 0.15) is 27.2 Å². The van der Waals surface area contributed by atoms with Crippen LogP contribution in [-0.4, -0.2) is 49.1 Å². The second-order valence-corrected chi connectivity index (χ2v) is 4.60. The van der Waals surface area contributed by atoms with Crippen LogP contribution in [0.2, 0.25) is 0 Å². The van der Waals surface area contributed by atoms with Crippen LogP contribution in [-0.2, 0) is 14.3 Å². The van der Waals surface area contributed by atoms with Crippen LogP contribution < -0.4 is 5.32 Å². The SMILES string of the molecule is CCOCCCN1CC(=O)NC(C(C)C)C1=O. The lowest BCUT2D eigenvalue weighted by Crippen LogP contribution is -2.59. The summed E-state index contributed by atoms with van der Waals surface area (Å²) in [6.45, 7) is 7.90. The Morgan fingerprint density at radius 1 is 1.47 bits per heavy atom. The molecule has 1 aliphatic rings. The molecule has 0 aliphatic carbocycles. The van der Waals surface area contributed by atoms with E-state index in [1.54, 1.807) is 4.90 Å². The molecule has 1 fully saturated rings. The Morgan fingerprint density at radius 2 is 2.18 bits per heavy atom. The lowest BCUT2D eigenvalue weighted by molar-refractivity contribution is -0.145. The fourth-order valence-corrected chi connectivity index (χ4v) is 1.87. The molecule has 1 saturated heterocycles. The minimum absolute atomic E-state index is 0.0242. The van der Waals surface area contributed by atoms with Crippen molar-refractivity contribution >= 4 is 11.8 Å². The molecule has 2 amide bonds. The zero-order valence-corrected chi connectivity index (χ0v) is 10.9. The van der Waals surface area contributed by atoms with Crippen molar-refractivity contribution in [3.05, 3.63) is 0 Å². The van der Waals surface area contributed by atoms with Crippen LogP contribution in [0.25, 0.3) is 0 Å². The van der Waals surface area contributed by atoms with Crippen molar-refractivity contribution in [2.24, 2.45) is 5.92 Å². The zero-order valence-electron chi connectivity index (χ0n) is 10.9. The van der Waals surface area contributed by atoms with Crippen molar-refractivity contribution in [3.8, 4) is 0 Å². The average molecular weight is 242 g/mol. The molecule has 0 saturated carbocycles. The second kappa shape index (κ2) is 6.59. The number of nitrogens with zero attached hydrogens (tertiary/aromatic N) is 1. The highest BCUT2D eigenvalue weighted by Gasteiger charge is 2.33. The van der Waals surface area contributed by atoms with Gasteiger partial charge in [0, 0.05) is 19.8 Å². The van der Waals surface area contributed by atoms with Gasteiger partial charge in [0.05, 0.1) is 6.54 Å². The summed E-state index contributed by atoms with van der Waals surface area (Å²) in [5.74, 6) is 0.0805. The number of ether oxygens (including phenoxy) is 1. The molecule has 0 radical (unpaired) electrons. The first-order valence-corrected chi connectivity index (χ1v) is 6.22. The summed E-state index contributed by atoms with van der Waals surface area (Å²) in [6, 6.07) is -0.372. The van der Waals surface area contributed by atoms with Gasteiger partial charge in [-0.2, -0.15) is 0 Å². The van der Waals surface area contributed by atoms with Crippen LogP contribution in [0.5, 0.6) is 0 Å². The highest BCUT2D eigenvalue weighted by Crippen LogP contribution is 2.11. The van der Waals surface area contributed by atoms with Crippen molar-refractivity contribution in [2.75, 3.05) is 26.3 Å². The summed E-state index contributed by atoms with van der Waals surface area (Å²) >= 11 is 0. The van der Waals surface area contributed by atoms with Crippen molar-refractivity contribution in [1.29, 1.82) is 0 Å². The summed E-state index contributed by atoms with van der Waals surface area (Å²) in [6.07, 6.45) is 0.775. The smallest absolute Gasteiger partial charge is 0.245 e. The topological polar surface area (TPSA) is 58.6 Å². The molecule has 0 aromatic rings. The largest absolute Gasteiger partial charge is 0.382 e. The van der Waals surface area contributed by atoms with E-state index in [2.05, 4.69) is 5.32 Å². The summed E-state index contributed by atoms with van der Waals surface area (Å²) < 4.78 is 5.22. The van der Waals surface area contributed by atoms with Gasteiger partial charge in [-0.3, -0.25) is 9.59 Å². The van der Waals surface area contributed by atoms with Crippen LogP contribution >= 0.6 is 0 Å². The molecule has 1 N–H and O–H groups in total. The molecule has 98 valence electrons. The monoisotopic (exact) mass is 242 g/mol. The number of piperazine rings is 1. The minimum atomic E-state index is -0.372. The normalized spacial score (nSPS) is 20.9. The first-order valence-electron chi connectivity index (χ1n) is 6.22. The molecule has 17 heavy (non-hydrogen) atoms. The first kappa shape index (κ1) is 14.0. The Labute approximate surface area is 102 Å². The molecule has 1 unspecified atom stereocenters. The van der Waals surface area contributed by atoms with E-state index >= 15 is 0 Å². The lowest BCUT2D eigenvalue weighted by atomic mass is 10.0. The Kier molecular flexibility index (Phi) is 5.41. The van der Waals surface area contributed by atoms with Gasteiger partial charge in [-0.1, -0.05) is 13.8 Å². The maximum atomic E-state index is 12.0. The van der Waals surface area contributed by atoms with Gasteiger partial charge < -0.3 is 15.0 Å². The molecule has 1 aliphatic heterocycles. The van der Waals surface area contributed by atoms with E-state index in [-0.39, 0.29) is 30.3 Å². The number of carbonyl (C=O) groups excluding carboxylic acids is 2. The van der Waals surface area contributed by atoms with Gasteiger partial charge >= 0.3 is 0 Å². The Balaban J connectivity index is 2.47. The predicted octanol–water partition coefficient (Wildman–Crippen LogP) is 0.396. The van der Waals surface area contributed by atoms with E-state index in [1.165, 1.54) is 0 Å². The second-order valence-electron chi connectivity index (χ2n) is 4.60. The molecule has 5 nitrogen and oxygen atoms in total. The third-order valence-corrected chi connectivity index (χ3v) is 2.82. The van der Waals surface area contributed by atoms with E-state index in [1.807, 2.05) is 20.8 Å². The van der Waals surface area contributed by atoms with Gasteiger partial charge in [-0.15, -0.1) is 0 Å². The zero-order chi connectivity index (χ0) is 12.8. The Morgan fingerprint density at radius 3 is 2.76 bits per heavy atom. The predicted molar refractivity (Wildman–Crippen MR) is 64.5 cm³/mol. The fraction of sp³-hybridized carbons (Fsp3) is 0.833. The first-order chi connectivity index (χ1) is 8.06. The Hall–Kier alpha value is -1.10. The number of amides is 2. The number of hydrogen-bond acceptors (Lipinski definition) is 3. The van der Waals surface area contributed by atoms with Gasteiger partial charge in [0.1, 0.15) is 6.04 Å². The van der Waals surface area contributed by atoms with Crippen molar-refractivity contribution in [3.63, 3.8) is 0 Å². The molecule has 5 heteroatoms. The van der Waals surface area contributed by atoms with Crippen LogP contribution in [0.15, 0.2) is 0 Å². The number of rotatable bonds is 6. The van der Waals surface area contributed by atoms with Gasteiger partial charge in [-0.25, -0.2) is 0 Å². The number of carbonyl (C=O) groups is 2. The van der Waals surface area contributed by atoms with Crippen LogP contribution in [0.4, 0.5) is 0 Å². The third-order valence-electron chi connectivity index (χ3n) is 2.82. The molecule has 1 heterocycles. The lowest BCUT2D eigenvalue weighted by Gasteiger charge is -2.34. The maximum Gasteiger partial charge on any atom is 0.245 e. The minimum Gasteiger partial charge on any atom is -0.382 e. The molecule has 0 aromatic carbocycles. The molecule has 0 bridgehead atoms. The van der Waals surface area contributed by atoms with E-state index in [0.717, 1.165) is 6.42 Å². The van der Waals surface area contributed by atoms with E-state index < -0.39 is 0 Å². The molecular formula is C12H22N2O3. The summed E-state index contributed by atoms with van der Waals surface area (Å²) in [4.78, 5) is 25.2. The fourth-order valence-electron chi connectivity index (χ4n) is 1.87. The highest BCUT2D eigenvalue weighted by atomic mass is 16.5. The molecule has 1 rings (SSSR count). The molecule has 0 spiro atoms. The number of nitrogens with one attached hydrogen (secondary N) is 1. The van der Waals surface area contributed by atoms with E-state index in [9.17, 15) is 9.59 Å². The van der Waals surface area contributed by atoms with Crippen molar-refractivity contribution in [2.45, 2.75) is 33.2 Å². The van der Waals surface area contributed by atoms with Crippen LogP contribution in [0.3, 0.4) is 0 Å². The highest BCUT2D eigenvalue weighted by molar-refractivity contribution is 5.94. The summed E-state index contributed by atoms with van der Waals surface area (Å²) in [7, 11) is 0.